The molecule has 0 aromatic heterocycles. The number of hydrogen-bond donors (Lipinski definition) is 0. The minimum atomic E-state index is -0.295. The number of nitrogens with zero attached hydrogens (tertiary/aromatic N) is 1. The van der Waals surface area contributed by atoms with Gasteiger partial charge in [0.05, 0.1) is 0 Å². The van der Waals surface area contributed by atoms with Gasteiger partial charge in [0.25, 0.3) is 0 Å². The summed E-state index contributed by atoms with van der Waals surface area (Å²) < 4.78 is 11.3. The summed E-state index contributed by atoms with van der Waals surface area (Å²) in [6.45, 7) is 5.19. The zero-order valence-corrected chi connectivity index (χ0v) is 10.3. The van der Waals surface area contributed by atoms with E-state index in [0.29, 0.717) is 13.2 Å². The van der Waals surface area contributed by atoms with Crippen molar-refractivity contribution < 1.29 is 9.47 Å². The molecule has 0 aliphatic carbocycles. The molecule has 1 heterocycles. The summed E-state index contributed by atoms with van der Waals surface area (Å²) in [5.74, 6) is 0. The summed E-state index contributed by atoms with van der Waals surface area (Å²) in [6, 6.07) is 8.16. The second kappa shape index (κ2) is 5.84. The lowest BCUT2D eigenvalue weighted by atomic mass is 9.97. The fraction of sp³-hybridized carbons (Fsp3) is 0.429. The fourth-order valence-corrected chi connectivity index (χ4v) is 2.00. The molecule has 0 amide bonds. The van der Waals surface area contributed by atoms with Crippen LogP contribution in [-0.4, -0.2) is 19.5 Å². The minimum Gasteiger partial charge on any atom is -0.350 e. The molecule has 1 aromatic carbocycles. The highest BCUT2D eigenvalue weighted by atomic mass is 16.7. The van der Waals surface area contributed by atoms with E-state index in [1.54, 1.807) is 0 Å². The zero-order chi connectivity index (χ0) is 12.1. The topological polar surface area (TPSA) is 32.6 Å². The average Bonchev–Trinajstić information content (AvgIpc) is 2.38. The first kappa shape index (κ1) is 12.1. The van der Waals surface area contributed by atoms with E-state index in [1.165, 1.54) is 11.1 Å². The van der Waals surface area contributed by atoms with Crippen molar-refractivity contribution in [1.82, 2.24) is 5.32 Å². The van der Waals surface area contributed by atoms with Crippen molar-refractivity contribution in [2.24, 2.45) is 0 Å². The zero-order valence-electron chi connectivity index (χ0n) is 10.3. The summed E-state index contributed by atoms with van der Waals surface area (Å²) in [7, 11) is 0. The minimum absolute atomic E-state index is 0.0592. The van der Waals surface area contributed by atoms with Gasteiger partial charge in [-0.2, -0.15) is 0 Å². The van der Waals surface area contributed by atoms with Gasteiger partial charge in [-0.25, -0.2) is 0 Å². The predicted molar refractivity (Wildman–Crippen MR) is 67.4 cm³/mol. The van der Waals surface area contributed by atoms with Gasteiger partial charge in [-0.1, -0.05) is 24.3 Å². The van der Waals surface area contributed by atoms with E-state index < -0.39 is 0 Å². The number of hydrogen-bond acceptors (Lipinski definition) is 2. The van der Waals surface area contributed by atoms with E-state index in [-0.39, 0.29) is 12.3 Å². The Balaban J connectivity index is 2.23. The number of fused-ring (bicyclic) bond motifs is 1. The molecule has 1 aliphatic rings. The summed E-state index contributed by atoms with van der Waals surface area (Å²) in [5.41, 5.74) is 2.36. The maximum Gasteiger partial charge on any atom is 0.183 e. The summed E-state index contributed by atoms with van der Waals surface area (Å²) >= 11 is 0. The Kier molecular flexibility index (Phi) is 4.18. The van der Waals surface area contributed by atoms with Crippen LogP contribution in [0.2, 0.25) is 0 Å². The van der Waals surface area contributed by atoms with Crippen molar-refractivity contribution >= 4 is 6.08 Å². The molecule has 1 atom stereocenters. The van der Waals surface area contributed by atoms with Crippen molar-refractivity contribution in [3.05, 3.63) is 41.6 Å². The lowest BCUT2D eigenvalue weighted by Gasteiger charge is -2.28. The maximum atomic E-state index is 5.63. The largest absolute Gasteiger partial charge is 0.350 e. The molecule has 0 saturated heterocycles. The highest BCUT2D eigenvalue weighted by Gasteiger charge is 2.27. The predicted octanol–water partition coefficient (Wildman–Crippen LogP) is 2.72. The van der Waals surface area contributed by atoms with Crippen LogP contribution in [0.4, 0.5) is 0 Å². The molecule has 17 heavy (non-hydrogen) atoms. The lowest BCUT2D eigenvalue weighted by Crippen LogP contribution is -2.32. The molecule has 1 unspecified atom stereocenters. The molecule has 0 fully saturated rings. The van der Waals surface area contributed by atoms with Gasteiger partial charge >= 0.3 is 0 Å². The monoisotopic (exact) mass is 232 g/mol. The molecule has 1 radical (unpaired) electrons. The Morgan fingerprint density at radius 1 is 1.18 bits per heavy atom. The lowest BCUT2D eigenvalue weighted by molar-refractivity contribution is -0.154. The fourth-order valence-electron chi connectivity index (χ4n) is 2.00. The molecule has 0 bridgehead atoms. The van der Waals surface area contributed by atoms with E-state index in [1.807, 2.05) is 38.3 Å². The van der Waals surface area contributed by atoms with Gasteiger partial charge in [0.15, 0.2) is 6.29 Å². The van der Waals surface area contributed by atoms with Crippen LogP contribution in [0, 0.1) is 0 Å². The van der Waals surface area contributed by atoms with E-state index in [2.05, 4.69) is 17.4 Å². The van der Waals surface area contributed by atoms with Crippen molar-refractivity contribution in [3.63, 3.8) is 0 Å². The average molecular weight is 232 g/mol. The summed E-state index contributed by atoms with van der Waals surface area (Å²) in [4.78, 5) is 0. The Morgan fingerprint density at radius 3 is 2.59 bits per heavy atom. The van der Waals surface area contributed by atoms with Crippen LogP contribution in [0.1, 0.15) is 31.0 Å². The quantitative estimate of drug-likeness (QED) is 0.731. The highest BCUT2D eigenvalue weighted by molar-refractivity contribution is 5.56. The molecule has 3 heteroatoms. The van der Waals surface area contributed by atoms with Gasteiger partial charge in [0.1, 0.15) is 6.04 Å². The Hall–Kier alpha value is -1.32. The SMILES string of the molecule is CCOC(OCC)C1[N]C=Cc2ccccc21. The molecular weight excluding hydrogens is 214 g/mol. The van der Waals surface area contributed by atoms with Crippen LogP contribution in [0.5, 0.6) is 0 Å². The third-order valence-corrected chi connectivity index (χ3v) is 2.74. The second-order valence-corrected chi connectivity index (χ2v) is 3.82. The molecule has 2 rings (SSSR count). The molecule has 0 spiro atoms. The summed E-state index contributed by atoms with van der Waals surface area (Å²) in [5, 5.41) is 4.48. The standard InChI is InChI=1S/C14H18NO2/c1-3-16-14(17-4-2)13-12-8-6-5-7-11(12)9-10-15-13/h5-10,13-14H,3-4H2,1-2H3. The van der Waals surface area contributed by atoms with Crippen LogP contribution in [0.15, 0.2) is 30.5 Å². The number of rotatable bonds is 5. The Morgan fingerprint density at radius 2 is 1.88 bits per heavy atom. The van der Waals surface area contributed by atoms with Gasteiger partial charge in [-0.15, -0.1) is 0 Å². The van der Waals surface area contributed by atoms with Gasteiger partial charge in [0.2, 0.25) is 0 Å². The molecule has 1 aliphatic heterocycles. The summed E-state index contributed by atoms with van der Waals surface area (Å²) in [6.07, 6.45) is 3.55. The van der Waals surface area contributed by atoms with Crippen molar-refractivity contribution in [2.45, 2.75) is 26.2 Å². The third-order valence-electron chi connectivity index (χ3n) is 2.74. The van der Waals surface area contributed by atoms with Crippen molar-refractivity contribution in [2.75, 3.05) is 13.2 Å². The van der Waals surface area contributed by atoms with Gasteiger partial charge < -0.3 is 9.47 Å². The smallest absolute Gasteiger partial charge is 0.183 e. The van der Waals surface area contributed by atoms with E-state index >= 15 is 0 Å². The third kappa shape index (κ3) is 2.68. The van der Waals surface area contributed by atoms with Crippen molar-refractivity contribution in [1.29, 1.82) is 0 Å². The van der Waals surface area contributed by atoms with Gasteiger partial charge in [0, 0.05) is 19.4 Å². The van der Waals surface area contributed by atoms with Crippen LogP contribution < -0.4 is 5.32 Å². The number of ether oxygens (including phenoxy) is 2. The van der Waals surface area contributed by atoms with Crippen LogP contribution >= 0.6 is 0 Å². The molecule has 3 nitrogen and oxygen atoms in total. The van der Waals surface area contributed by atoms with Crippen LogP contribution in [0.25, 0.3) is 6.08 Å². The van der Waals surface area contributed by atoms with E-state index in [0.717, 1.165) is 0 Å². The second-order valence-electron chi connectivity index (χ2n) is 3.82. The van der Waals surface area contributed by atoms with E-state index in [9.17, 15) is 0 Å². The molecular formula is C14H18NO2. The highest BCUT2D eigenvalue weighted by Crippen LogP contribution is 2.28. The van der Waals surface area contributed by atoms with Gasteiger partial charge in [-0.05, 0) is 31.1 Å². The van der Waals surface area contributed by atoms with Crippen LogP contribution in [-0.2, 0) is 9.47 Å². The Bertz CT molecular complexity index is 384. The maximum absolute atomic E-state index is 5.63. The first-order valence-corrected chi connectivity index (χ1v) is 6.05. The first-order chi connectivity index (χ1) is 8.36. The molecule has 0 saturated carbocycles. The van der Waals surface area contributed by atoms with Crippen LogP contribution in [0.3, 0.4) is 0 Å². The van der Waals surface area contributed by atoms with Crippen molar-refractivity contribution in [3.8, 4) is 0 Å². The normalized spacial score (nSPS) is 17.9. The molecule has 0 N–H and O–H groups in total. The number of benzene rings is 1. The molecule has 1 aromatic rings. The Labute approximate surface area is 102 Å². The first-order valence-electron chi connectivity index (χ1n) is 6.05. The van der Waals surface area contributed by atoms with E-state index in [4.69, 9.17) is 9.47 Å². The molecule has 91 valence electrons. The van der Waals surface area contributed by atoms with Gasteiger partial charge in [-0.3, -0.25) is 5.32 Å².